The molecule has 0 radical (unpaired) electrons. The van der Waals surface area contributed by atoms with Crippen LogP contribution in [0.25, 0.3) is 28.4 Å². The molecule has 178 valence electrons. The van der Waals surface area contributed by atoms with Gasteiger partial charge in [0.2, 0.25) is 5.91 Å². The summed E-state index contributed by atoms with van der Waals surface area (Å²) in [4.78, 5) is 44.8. The number of urea groups is 1. The molecule has 1 fully saturated rings. The molecule has 0 saturated carbocycles. The van der Waals surface area contributed by atoms with Gasteiger partial charge in [-0.25, -0.2) is 9.78 Å². The highest BCUT2D eigenvalue weighted by atomic mass is 16.3. The van der Waals surface area contributed by atoms with Crippen LogP contribution in [0.3, 0.4) is 0 Å². The first-order chi connectivity index (χ1) is 17.0. The molecule has 0 bridgehead atoms. The fraction of sp³-hybridized carbons (Fsp3) is 0.346. The van der Waals surface area contributed by atoms with Gasteiger partial charge in [-0.05, 0) is 36.6 Å². The Bertz CT molecular complexity index is 1380. The monoisotopic (exact) mass is 470 g/mol. The van der Waals surface area contributed by atoms with Crippen molar-refractivity contribution >= 4 is 34.7 Å². The van der Waals surface area contributed by atoms with Gasteiger partial charge >= 0.3 is 6.03 Å². The molecule has 0 atom stereocenters. The molecule has 9 nitrogen and oxygen atoms in total. The number of carbonyl (C=O) groups is 2. The lowest BCUT2D eigenvalue weighted by Gasteiger charge is -2.43. The minimum atomic E-state index is -0.491. The fourth-order valence-electron chi connectivity index (χ4n) is 5.31. The highest BCUT2D eigenvalue weighted by Crippen LogP contribution is 2.38. The molecule has 0 spiro atoms. The van der Waals surface area contributed by atoms with Crippen LogP contribution in [0.4, 0.5) is 10.5 Å². The van der Waals surface area contributed by atoms with E-state index in [2.05, 4.69) is 28.2 Å². The van der Waals surface area contributed by atoms with Crippen molar-refractivity contribution in [3.05, 3.63) is 53.5 Å². The molecule has 3 aromatic heterocycles. The SMILES string of the molecule is CN1Cc2cnc3ccc(-c4cnc5c(c4)C=CC5)nc3c2N(C2CCN(C(=O)CO)CC2)C1=O. The maximum absolute atomic E-state index is 13.5. The second-order valence-electron chi connectivity index (χ2n) is 9.34. The first-order valence-electron chi connectivity index (χ1n) is 11.9. The number of likely N-dealkylation sites (tertiary alicyclic amines) is 1. The van der Waals surface area contributed by atoms with Gasteiger partial charge in [0.25, 0.3) is 0 Å². The summed E-state index contributed by atoms with van der Waals surface area (Å²) in [6.07, 6.45) is 10.0. The van der Waals surface area contributed by atoms with Crippen LogP contribution in [0.5, 0.6) is 0 Å². The van der Waals surface area contributed by atoms with E-state index in [0.717, 1.165) is 45.7 Å². The maximum atomic E-state index is 13.5. The Balaban J connectivity index is 1.43. The van der Waals surface area contributed by atoms with Crippen LogP contribution in [-0.2, 0) is 17.8 Å². The number of aromatic nitrogens is 3. The summed E-state index contributed by atoms with van der Waals surface area (Å²) in [6.45, 7) is 0.980. The second-order valence-corrected chi connectivity index (χ2v) is 9.34. The molecule has 3 amide bonds. The molecule has 9 heteroatoms. The smallest absolute Gasteiger partial charge is 0.324 e. The molecule has 0 unspecified atom stereocenters. The fourth-order valence-corrected chi connectivity index (χ4v) is 5.31. The number of nitrogens with zero attached hydrogens (tertiary/aromatic N) is 6. The lowest BCUT2D eigenvalue weighted by molar-refractivity contribution is -0.135. The van der Waals surface area contributed by atoms with Crippen LogP contribution in [0.2, 0.25) is 0 Å². The number of rotatable bonds is 3. The summed E-state index contributed by atoms with van der Waals surface area (Å²) >= 11 is 0. The Morgan fingerprint density at radius 3 is 2.80 bits per heavy atom. The van der Waals surface area contributed by atoms with Crippen molar-refractivity contribution in [3.8, 4) is 11.3 Å². The van der Waals surface area contributed by atoms with E-state index < -0.39 is 6.61 Å². The van der Waals surface area contributed by atoms with E-state index in [4.69, 9.17) is 4.98 Å². The number of aliphatic hydroxyl groups excluding tert-OH is 1. The van der Waals surface area contributed by atoms with Crippen molar-refractivity contribution < 1.29 is 14.7 Å². The Kier molecular flexibility index (Phi) is 5.21. The quantitative estimate of drug-likeness (QED) is 0.631. The summed E-state index contributed by atoms with van der Waals surface area (Å²) in [7, 11) is 1.79. The number of piperidine rings is 1. The normalized spacial score (nSPS) is 17.8. The lowest BCUT2D eigenvalue weighted by atomic mass is 9.99. The van der Waals surface area contributed by atoms with Gasteiger partial charge in [0.05, 0.1) is 29.1 Å². The number of amides is 3. The zero-order valence-electron chi connectivity index (χ0n) is 19.5. The van der Waals surface area contributed by atoms with E-state index in [0.29, 0.717) is 38.0 Å². The van der Waals surface area contributed by atoms with E-state index in [1.54, 1.807) is 16.8 Å². The van der Waals surface area contributed by atoms with Gasteiger partial charge in [0, 0.05) is 56.1 Å². The van der Waals surface area contributed by atoms with Crippen LogP contribution in [-0.4, -0.2) is 74.6 Å². The molecule has 1 N–H and O–H groups in total. The Morgan fingerprint density at radius 2 is 2.00 bits per heavy atom. The van der Waals surface area contributed by atoms with Gasteiger partial charge in [-0.15, -0.1) is 0 Å². The number of aliphatic hydroxyl groups is 1. The molecular weight excluding hydrogens is 444 g/mol. The van der Waals surface area contributed by atoms with Crippen LogP contribution in [0.1, 0.15) is 29.7 Å². The Morgan fingerprint density at radius 1 is 1.17 bits per heavy atom. The highest BCUT2D eigenvalue weighted by molar-refractivity contribution is 6.04. The molecule has 3 aromatic rings. The summed E-state index contributed by atoms with van der Waals surface area (Å²) in [5.41, 5.74) is 7.09. The molecule has 3 aliphatic rings. The molecule has 2 aliphatic heterocycles. The maximum Gasteiger partial charge on any atom is 0.324 e. The minimum Gasteiger partial charge on any atom is -0.387 e. The van der Waals surface area contributed by atoms with Crippen molar-refractivity contribution in [3.63, 3.8) is 0 Å². The minimum absolute atomic E-state index is 0.0744. The van der Waals surface area contributed by atoms with Crippen molar-refractivity contribution in [1.29, 1.82) is 0 Å². The second kappa shape index (κ2) is 8.42. The number of hydrogen-bond acceptors (Lipinski definition) is 6. The number of anilines is 1. The number of hydrogen-bond donors (Lipinski definition) is 1. The van der Waals surface area contributed by atoms with E-state index in [1.165, 1.54) is 0 Å². The summed E-state index contributed by atoms with van der Waals surface area (Å²) in [5, 5.41) is 9.21. The molecule has 1 aliphatic carbocycles. The van der Waals surface area contributed by atoms with Crippen molar-refractivity contribution in [2.45, 2.75) is 31.8 Å². The summed E-state index contributed by atoms with van der Waals surface area (Å²) in [5.74, 6) is -0.273. The molecule has 0 aromatic carbocycles. The van der Waals surface area contributed by atoms with E-state index in [9.17, 15) is 14.7 Å². The number of fused-ring (bicyclic) bond motifs is 4. The van der Waals surface area contributed by atoms with Crippen LogP contribution < -0.4 is 4.90 Å². The van der Waals surface area contributed by atoms with Gasteiger partial charge in [0.15, 0.2) is 0 Å². The molecule has 1 saturated heterocycles. The predicted octanol–water partition coefficient (Wildman–Crippen LogP) is 2.62. The predicted molar refractivity (Wildman–Crippen MR) is 132 cm³/mol. The summed E-state index contributed by atoms with van der Waals surface area (Å²) in [6, 6.07) is 5.85. The largest absolute Gasteiger partial charge is 0.387 e. The average molecular weight is 471 g/mol. The summed E-state index contributed by atoms with van der Waals surface area (Å²) < 4.78 is 0. The lowest BCUT2D eigenvalue weighted by Crippen LogP contribution is -2.54. The van der Waals surface area contributed by atoms with E-state index in [1.807, 2.05) is 29.4 Å². The van der Waals surface area contributed by atoms with Gasteiger partial charge in [-0.2, -0.15) is 0 Å². The third-order valence-corrected chi connectivity index (χ3v) is 7.17. The Hall–Kier alpha value is -3.85. The van der Waals surface area contributed by atoms with Crippen molar-refractivity contribution in [1.82, 2.24) is 24.8 Å². The van der Waals surface area contributed by atoms with Crippen LogP contribution in [0.15, 0.2) is 36.7 Å². The van der Waals surface area contributed by atoms with Crippen LogP contribution in [0, 0.1) is 0 Å². The van der Waals surface area contributed by atoms with Crippen LogP contribution >= 0.6 is 0 Å². The molecule has 6 rings (SSSR count). The van der Waals surface area contributed by atoms with Gasteiger partial charge in [-0.3, -0.25) is 19.7 Å². The van der Waals surface area contributed by atoms with Crippen molar-refractivity contribution in [2.75, 3.05) is 31.6 Å². The van der Waals surface area contributed by atoms with Gasteiger partial charge in [-0.1, -0.05) is 12.2 Å². The zero-order valence-corrected chi connectivity index (χ0v) is 19.5. The molecule has 5 heterocycles. The first-order valence-corrected chi connectivity index (χ1v) is 11.9. The Labute approximate surface area is 202 Å². The van der Waals surface area contributed by atoms with E-state index in [-0.39, 0.29) is 18.0 Å². The molecule has 35 heavy (non-hydrogen) atoms. The number of allylic oxidation sites excluding steroid dienone is 1. The molecular formula is C26H26N6O3. The standard InChI is InChI=1S/C26H26N6O3/c1-30-14-18-13-28-22-6-5-21(17-11-16-3-2-4-20(16)27-12-17)29-24(22)25(18)32(26(30)35)19-7-9-31(10-8-19)23(34)15-33/h2-3,5-6,11-13,19,33H,4,7-10,14-15H2,1H3. The average Bonchev–Trinajstić information content (AvgIpc) is 3.37. The zero-order chi connectivity index (χ0) is 24.1. The number of pyridine rings is 3. The topological polar surface area (TPSA) is 103 Å². The highest BCUT2D eigenvalue weighted by Gasteiger charge is 2.37. The third-order valence-electron chi connectivity index (χ3n) is 7.17. The first kappa shape index (κ1) is 21.7. The van der Waals surface area contributed by atoms with E-state index >= 15 is 0 Å². The third kappa shape index (κ3) is 3.63. The van der Waals surface area contributed by atoms with Gasteiger partial charge < -0.3 is 14.9 Å². The number of carbonyl (C=O) groups excluding carboxylic acids is 2. The van der Waals surface area contributed by atoms with Crippen molar-refractivity contribution in [2.24, 2.45) is 0 Å². The van der Waals surface area contributed by atoms with Gasteiger partial charge in [0.1, 0.15) is 12.1 Å².